The van der Waals surface area contributed by atoms with Gasteiger partial charge in [-0.1, -0.05) is 34.1 Å². The SMILES string of the molecule is CC(=O)NCc1ccc(S(=O)(=O)N(C)Cc2ccccc2Br)s1. The lowest BCUT2D eigenvalue weighted by Gasteiger charge is -2.16. The molecule has 0 saturated heterocycles. The van der Waals surface area contributed by atoms with Crippen molar-refractivity contribution in [2.75, 3.05) is 7.05 Å². The zero-order valence-corrected chi connectivity index (χ0v) is 16.0. The molecule has 0 unspecified atom stereocenters. The van der Waals surface area contributed by atoms with Crippen molar-refractivity contribution >= 4 is 43.2 Å². The lowest BCUT2D eigenvalue weighted by atomic mass is 10.2. The quantitative estimate of drug-likeness (QED) is 0.786. The number of carbonyl (C=O) groups is 1. The van der Waals surface area contributed by atoms with Crippen molar-refractivity contribution in [3.8, 4) is 0 Å². The van der Waals surface area contributed by atoms with Crippen molar-refractivity contribution in [3.63, 3.8) is 0 Å². The number of benzene rings is 1. The number of carbonyl (C=O) groups excluding carboxylic acids is 1. The highest BCUT2D eigenvalue weighted by Gasteiger charge is 2.23. The van der Waals surface area contributed by atoms with Gasteiger partial charge < -0.3 is 5.32 Å². The van der Waals surface area contributed by atoms with Crippen molar-refractivity contribution in [3.05, 3.63) is 51.3 Å². The number of hydrogen-bond acceptors (Lipinski definition) is 4. The highest BCUT2D eigenvalue weighted by molar-refractivity contribution is 9.10. The van der Waals surface area contributed by atoms with E-state index in [0.29, 0.717) is 6.54 Å². The molecule has 8 heteroatoms. The molecule has 124 valence electrons. The highest BCUT2D eigenvalue weighted by Crippen LogP contribution is 2.26. The highest BCUT2D eigenvalue weighted by atomic mass is 79.9. The van der Waals surface area contributed by atoms with Gasteiger partial charge in [-0.25, -0.2) is 8.42 Å². The Labute approximate surface area is 148 Å². The van der Waals surface area contributed by atoms with E-state index in [9.17, 15) is 13.2 Å². The second kappa shape index (κ2) is 7.57. The molecular weight excluding hydrogens is 400 g/mol. The summed E-state index contributed by atoms with van der Waals surface area (Å²) in [6, 6.07) is 10.8. The number of sulfonamides is 1. The summed E-state index contributed by atoms with van der Waals surface area (Å²) < 4.78 is 27.7. The number of amides is 1. The molecule has 1 aromatic carbocycles. The minimum Gasteiger partial charge on any atom is -0.351 e. The Hall–Kier alpha value is -1.22. The van der Waals surface area contributed by atoms with Gasteiger partial charge in [-0.15, -0.1) is 11.3 Å². The summed E-state index contributed by atoms with van der Waals surface area (Å²) in [5, 5.41) is 2.66. The largest absolute Gasteiger partial charge is 0.351 e. The van der Waals surface area contributed by atoms with Gasteiger partial charge in [0.2, 0.25) is 5.91 Å². The molecule has 0 aliphatic carbocycles. The Morgan fingerprint density at radius 1 is 1.26 bits per heavy atom. The maximum atomic E-state index is 12.6. The molecule has 0 atom stereocenters. The molecule has 0 spiro atoms. The van der Waals surface area contributed by atoms with E-state index in [0.717, 1.165) is 14.9 Å². The molecule has 0 bridgehead atoms. The third kappa shape index (κ3) is 4.63. The van der Waals surface area contributed by atoms with Crippen LogP contribution in [0, 0.1) is 0 Å². The van der Waals surface area contributed by atoms with E-state index in [4.69, 9.17) is 0 Å². The standard InChI is InChI=1S/C15H17BrN2O3S2/c1-11(19)17-9-13-7-8-15(22-13)23(20,21)18(2)10-12-5-3-4-6-14(12)16/h3-8H,9-10H2,1-2H3,(H,17,19). The fourth-order valence-corrected chi connectivity index (χ4v) is 4.97. The van der Waals surface area contributed by atoms with Crippen LogP contribution < -0.4 is 5.32 Å². The van der Waals surface area contributed by atoms with Crippen LogP contribution in [0.15, 0.2) is 45.1 Å². The first-order valence-electron chi connectivity index (χ1n) is 6.83. The van der Waals surface area contributed by atoms with Gasteiger partial charge in [-0.3, -0.25) is 4.79 Å². The van der Waals surface area contributed by atoms with Crippen molar-refractivity contribution in [2.24, 2.45) is 0 Å². The van der Waals surface area contributed by atoms with Gasteiger partial charge in [0.1, 0.15) is 4.21 Å². The minimum atomic E-state index is -3.55. The van der Waals surface area contributed by atoms with Crippen LogP contribution in [0.5, 0.6) is 0 Å². The van der Waals surface area contributed by atoms with Crippen LogP contribution in [-0.2, 0) is 27.9 Å². The summed E-state index contributed by atoms with van der Waals surface area (Å²) in [4.78, 5) is 11.7. The van der Waals surface area contributed by atoms with Gasteiger partial charge >= 0.3 is 0 Å². The van der Waals surface area contributed by atoms with Crippen molar-refractivity contribution in [1.82, 2.24) is 9.62 Å². The average Bonchev–Trinajstić information content (AvgIpc) is 2.97. The van der Waals surface area contributed by atoms with Crippen LogP contribution in [0.1, 0.15) is 17.4 Å². The Morgan fingerprint density at radius 3 is 2.61 bits per heavy atom. The first-order valence-corrected chi connectivity index (χ1v) is 9.88. The fourth-order valence-electron chi connectivity index (χ4n) is 1.91. The topological polar surface area (TPSA) is 66.5 Å². The van der Waals surface area contributed by atoms with Crippen molar-refractivity contribution in [2.45, 2.75) is 24.2 Å². The van der Waals surface area contributed by atoms with Crippen LogP contribution in [-0.4, -0.2) is 25.7 Å². The van der Waals surface area contributed by atoms with Crippen LogP contribution in [0.3, 0.4) is 0 Å². The van der Waals surface area contributed by atoms with Gasteiger partial charge in [0.25, 0.3) is 10.0 Å². The maximum Gasteiger partial charge on any atom is 0.252 e. The van der Waals surface area contributed by atoms with Gasteiger partial charge in [0, 0.05) is 29.9 Å². The monoisotopic (exact) mass is 416 g/mol. The lowest BCUT2D eigenvalue weighted by Crippen LogP contribution is -2.26. The lowest BCUT2D eigenvalue weighted by molar-refractivity contribution is -0.119. The van der Waals surface area contributed by atoms with E-state index in [1.807, 2.05) is 24.3 Å². The van der Waals surface area contributed by atoms with Gasteiger partial charge in [0.15, 0.2) is 0 Å². The predicted molar refractivity (Wildman–Crippen MR) is 94.6 cm³/mol. The van der Waals surface area contributed by atoms with E-state index in [-0.39, 0.29) is 16.7 Å². The summed E-state index contributed by atoms with van der Waals surface area (Å²) in [6.07, 6.45) is 0. The molecule has 0 aliphatic heterocycles. The summed E-state index contributed by atoms with van der Waals surface area (Å²) in [5.41, 5.74) is 0.897. The summed E-state index contributed by atoms with van der Waals surface area (Å²) in [6.45, 7) is 2.04. The number of nitrogens with one attached hydrogen (secondary N) is 1. The molecule has 2 rings (SSSR count). The number of halogens is 1. The Kier molecular flexibility index (Phi) is 5.96. The van der Waals surface area contributed by atoms with Gasteiger partial charge in [-0.2, -0.15) is 4.31 Å². The fraction of sp³-hybridized carbons (Fsp3) is 0.267. The molecule has 5 nitrogen and oxygen atoms in total. The van der Waals surface area contributed by atoms with Crippen LogP contribution in [0.4, 0.5) is 0 Å². The van der Waals surface area contributed by atoms with Crippen LogP contribution in [0.25, 0.3) is 0 Å². The van der Waals surface area contributed by atoms with Crippen molar-refractivity contribution in [1.29, 1.82) is 0 Å². The Morgan fingerprint density at radius 2 is 1.96 bits per heavy atom. The van der Waals surface area contributed by atoms with E-state index in [2.05, 4.69) is 21.2 Å². The molecule has 0 saturated carbocycles. The minimum absolute atomic E-state index is 0.145. The molecule has 0 aliphatic rings. The van der Waals surface area contributed by atoms with Crippen LogP contribution >= 0.6 is 27.3 Å². The van der Waals surface area contributed by atoms with E-state index < -0.39 is 10.0 Å². The van der Waals surface area contributed by atoms with Gasteiger partial charge in [-0.05, 0) is 23.8 Å². The van der Waals surface area contributed by atoms with Crippen LogP contribution in [0.2, 0.25) is 0 Å². The zero-order chi connectivity index (χ0) is 17.0. The third-order valence-electron chi connectivity index (χ3n) is 3.16. The van der Waals surface area contributed by atoms with Crippen molar-refractivity contribution < 1.29 is 13.2 Å². The Balaban J connectivity index is 2.14. The molecule has 2 aromatic rings. The molecular formula is C15H17BrN2O3S2. The van der Waals surface area contributed by atoms with Gasteiger partial charge in [0.05, 0.1) is 6.54 Å². The maximum absolute atomic E-state index is 12.6. The molecule has 1 amide bonds. The predicted octanol–water partition coefficient (Wildman–Crippen LogP) is 2.97. The second-order valence-corrected chi connectivity index (χ2v) is 9.28. The summed E-state index contributed by atoms with van der Waals surface area (Å²) >= 11 is 4.60. The van der Waals surface area contributed by atoms with E-state index in [1.165, 1.54) is 22.6 Å². The first kappa shape index (κ1) is 18.1. The molecule has 23 heavy (non-hydrogen) atoms. The average molecular weight is 417 g/mol. The molecule has 0 radical (unpaired) electrons. The molecule has 1 aromatic heterocycles. The molecule has 1 heterocycles. The Bertz CT molecular complexity index is 803. The second-order valence-electron chi connectivity index (χ2n) is 4.98. The first-order chi connectivity index (χ1) is 10.8. The number of rotatable bonds is 6. The molecule has 0 fully saturated rings. The smallest absolute Gasteiger partial charge is 0.252 e. The number of nitrogens with zero attached hydrogens (tertiary/aromatic N) is 1. The van der Waals surface area contributed by atoms with E-state index >= 15 is 0 Å². The summed E-state index contributed by atoms with van der Waals surface area (Å²) in [5.74, 6) is -0.145. The summed E-state index contributed by atoms with van der Waals surface area (Å²) in [7, 11) is -2.00. The zero-order valence-electron chi connectivity index (χ0n) is 12.7. The third-order valence-corrected chi connectivity index (χ3v) is 7.29. The normalized spacial score (nSPS) is 11.7. The molecule has 1 N–H and O–H groups in total. The van der Waals surface area contributed by atoms with E-state index in [1.54, 1.807) is 19.2 Å². The number of thiophene rings is 1. The number of hydrogen-bond donors (Lipinski definition) is 1.